The van der Waals surface area contributed by atoms with Gasteiger partial charge in [-0.2, -0.15) is 0 Å². The lowest BCUT2D eigenvalue weighted by molar-refractivity contribution is 0.330. The molecule has 1 aliphatic heterocycles. The zero-order chi connectivity index (χ0) is 12.4. The van der Waals surface area contributed by atoms with Gasteiger partial charge in [0.2, 0.25) is 0 Å². The van der Waals surface area contributed by atoms with E-state index in [1.807, 2.05) is 11.3 Å². The highest BCUT2D eigenvalue weighted by atomic mass is 32.1. The lowest BCUT2D eigenvalue weighted by atomic mass is 10.2. The lowest BCUT2D eigenvalue weighted by Crippen LogP contribution is -2.25. The van der Waals surface area contributed by atoms with Crippen molar-refractivity contribution in [1.29, 1.82) is 0 Å². The van der Waals surface area contributed by atoms with Crippen LogP contribution in [0.25, 0.3) is 10.4 Å². The van der Waals surface area contributed by atoms with Gasteiger partial charge in [0, 0.05) is 35.4 Å². The summed E-state index contributed by atoms with van der Waals surface area (Å²) in [7, 11) is 0. The zero-order valence-electron chi connectivity index (χ0n) is 10.4. The van der Waals surface area contributed by atoms with Crippen molar-refractivity contribution in [2.24, 2.45) is 5.73 Å². The molecule has 2 heterocycles. The Hall–Kier alpha value is -1.16. The fraction of sp³-hybridized carbons (Fsp3) is 0.333. The van der Waals surface area contributed by atoms with E-state index in [0.29, 0.717) is 6.04 Å². The van der Waals surface area contributed by atoms with Gasteiger partial charge >= 0.3 is 0 Å². The largest absolute Gasteiger partial charge is 0.326 e. The molecule has 0 unspecified atom stereocenters. The monoisotopic (exact) mass is 258 g/mol. The highest BCUT2D eigenvalue weighted by Crippen LogP contribution is 2.29. The Labute approximate surface area is 112 Å². The second kappa shape index (κ2) is 5.22. The van der Waals surface area contributed by atoms with Crippen molar-refractivity contribution in [3.05, 3.63) is 47.3 Å². The van der Waals surface area contributed by atoms with E-state index in [4.69, 9.17) is 5.73 Å². The molecule has 2 nitrogen and oxygen atoms in total. The third kappa shape index (κ3) is 2.64. The minimum absolute atomic E-state index is 0.374. The Morgan fingerprint density at radius 2 is 2.00 bits per heavy atom. The summed E-state index contributed by atoms with van der Waals surface area (Å²) in [5.41, 5.74) is 7.25. The molecule has 3 rings (SSSR count). The van der Waals surface area contributed by atoms with E-state index in [9.17, 15) is 0 Å². The van der Waals surface area contributed by atoms with Crippen LogP contribution in [0.5, 0.6) is 0 Å². The van der Waals surface area contributed by atoms with Crippen LogP contribution in [0.2, 0.25) is 0 Å². The van der Waals surface area contributed by atoms with Crippen LogP contribution in [0.4, 0.5) is 0 Å². The summed E-state index contributed by atoms with van der Waals surface area (Å²) in [4.78, 5) is 5.24. The number of hydrogen-bond acceptors (Lipinski definition) is 3. The Kier molecular flexibility index (Phi) is 3.46. The van der Waals surface area contributed by atoms with Gasteiger partial charge in [0.25, 0.3) is 0 Å². The standard InChI is InChI=1S/C15H18N2S/c16-13-8-9-17(10-13)11-14-6-7-15(18-14)12-4-2-1-3-5-12/h1-7,13H,8-11,16H2/t13-/m1/s1. The van der Waals surface area contributed by atoms with Gasteiger partial charge < -0.3 is 5.73 Å². The van der Waals surface area contributed by atoms with Crippen molar-refractivity contribution in [2.45, 2.75) is 19.0 Å². The molecule has 18 heavy (non-hydrogen) atoms. The summed E-state index contributed by atoms with van der Waals surface area (Å²) in [5.74, 6) is 0. The maximum atomic E-state index is 5.94. The number of nitrogens with zero attached hydrogens (tertiary/aromatic N) is 1. The Morgan fingerprint density at radius 1 is 1.17 bits per heavy atom. The van der Waals surface area contributed by atoms with Crippen molar-refractivity contribution >= 4 is 11.3 Å². The first-order valence-electron chi connectivity index (χ1n) is 6.43. The molecule has 94 valence electrons. The van der Waals surface area contributed by atoms with Crippen molar-refractivity contribution in [1.82, 2.24) is 4.90 Å². The van der Waals surface area contributed by atoms with Gasteiger partial charge in [0.1, 0.15) is 0 Å². The minimum atomic E-state index is 0.374. The van der Waals surface area contributed by atoms with Crippen LogP contribution >= 0.6 is 11.3 Å². The normalized spacial score (nSPS) is 20.4. The van der Waals surface area contributed by atoms with Gasteiger partial charge in [0.15, 0.2) is 0 Å². The van der Waals surface area contributed by atoms with Crippen LogP contribution in [-0.4, -0.2) is 24.0 Å². The van der Waals surface area contributed by atoms with E-state index < -0.39 is 0 Å². The summed E-state index contributed by atoms with van der Waals surface area (Å²) in [5, 5.41) is 0. The zero-order valence-corrected chi connectivity index (χ0v) is 11.2. The van der Waals surface area contributed by atoms with Crippen molar-refractivity contribution in [2.75, 3.05) is 13.1 Å². The van der Waals surface area contributed by atoms with Gasteiger partial charge in [-0.05, 0) is 24.1 Å². The van der Waals surface area contributed by atoms with Gasteiger partial charge in [-0.1, -0.05) is 30.3 Å². The molecule has 2 aromatic rings. The molecule has 2 N–H and O–H groups in total. The van der Waals surface area contributed by atoms with Crippen LogP contribution in [-0.2, 0) is 6.54 Å². The Bertz CT molecular complexity index is 506. The van der Waals surface area contributed by atoms with E-state index in [1.54, 1.807) is 0 Å². The fourth-order valence-corrected chi connectivity index (χ4v) is 3.50. The quantitative estimate of drug-likeness (QED) is 0.917. The summed E-state index contributed by atoms with van der Waals surface area (Å²) in [6.45, 7) is 3.23. The molecule has 0 saturated carbocycles. The minimum Gasteiger partial charge on any atom is -0.326 e. The molecule has 1 saturated heterocycles. The Balaban J connectivity index is 1.70. The van der Waals surface area contributed by atoms with Crippen molar-refractivity contribution in [3.63, 3.8) is 0 Å². The average molecular weight is 258 g/mol. The van der Waals surface area contributed by atoms with Crippen molar-refractivity contribution in [3.8, 4) is 10.4 Å². The second-order valence-electron chi connectivity index (χ2n) is 4.92. The summed E-state index contributed by atoms with van der Waals surface area (Å²) in [6, 6.07) is 15.4. The molecule has 1 aliphatic rings. The second-order valence-corrected chi connectivity index (χ2v) is 6.08. The van der Waals surface area contributed by atoms with Gasteiger partial charge in [-0.3, -0.25) is 4.90 Å². The van der Waals surface area contributed by atoms with Gasteiger partial charge in [-0.25, -0.2) is 0 Å². The molecule has 0 radical (unpaired) electrons. The number of thiophene rings is 1. The maximum absolute atomic E-state index is 5.94. The lowest BCUT2D eigenvalue weighted by Gasteiger charge is -2.13. The smallest absolute Gasteiger partial charge is 0.0346 e. The fourth-order valence-electron chi connectivity index (χ4n) is 2.45. The topological polar surface area (TPSA) is 29.3 Å². The SMILES string of the molecule is N[C@@H]1CCN(Cc2ccc(-c3ccccc3)s2)C1. The third-order valence-electron chi connectivity index (χ3n) is 3.41. The van der Waals surface area contributed by atoms with Crippen LogP contribution in [0.3, 0.4) is 0 Å². The molecule has 1 fully saturated rings. The average Bonchev–Trinajstić information content (AvgIpc) is 3.01. The number of likely N-dealkylation sites (tertiary alicyclic amines) is 1. The number of benzene rings is 1. The van der Waals surface area contributed by atoms with Crippen LogP contribution in [0, 0.1) is 0 Å². The molecule has 1 aromatic heterocycles. The van der Waals surface area contributed by atoms with Crippen LogP contribution in [0.15, 0.2) is 42.5 Å². The van der Waals surface area contributed by atoms with Crippen LogP contribution in [0.1, 0.15) is 11.3 Å². The number of nitrogens with two attached hydrogens (primary N) is 1. The van der Waals surface area contributed by atoms with Crippen molar-refractivity contribution < 1.29 is 0 Å². The summed E-state index contributed by atoms with van der Waals surface area (Å²) < 4.78 is 0. The van der Waals surface area contributed by atoms with E-state index in [1.165, 1.54) is 15.3 Å². The third-order valence-corrected chi connectivity index (χ3v) is 4.53. The molecule has 1 atom stereocenters. The van der Waals surface area contributed by atoms with E-state index >= 15 is 0 Å². The molecular weight excluding hydrogens is 240 g/mol. The van der Waals surface area contributed by atoms with Gasteiger partial charge in [0.05, 0.1) is 0 Å². The predicted molar refractivity (Wildman–Crippen MR) is 77.6 cm³/mol. The summed E-state index contributed by atoms with van der Waals surface area (Å²) >= 11 is 1.89. The molecule has 0 spiro atoms. The highest BCUT2D eigenvalue weighted by Gasteiger charge is 2.19. The van der Waals surface area contributed by atoms with E-state index in [0.717, 1.165) is 26.1 Å². The molecule has 0 amide bonds. The van der Waals surface area contributed by atoms with E-state index in [-0.39, 0.29) is 0 Å². The first-order chi connectivity index (χ1) is 8.81. The molecule has 1 aromatic carbocycles. The van der Waals surface area contributed by atoms with Crippen LogP contribution < -0.4 is 5.73 Å². The first kappa shape index (κ1) is 11.9. The first-order valence-corrected chi connectivity index (χ1v) is 7.25. The highest BCUT2D eigenvalue weighted by molar-refractivity contribution is 7.15. The Morgan fingerprint density at radius 3 is 2.72 bits per heavy atom. The van der Waals surface area contributed by atoms with E-state index in [2.05, 4.69) is 47.4 Å². The molecular formula is C15H18N2S. The molecule has 3 heteroatoms. The number of hydrogen-bond donors (Lipinski definition) is 1. The van der Waals surface area contributed by atoms with Gasteiger partial charge in [-0.15, -0.1) is 11.3 Å². The molecule has 0 bridgehead atoms. The summed E-state index contributed by atoms with van der Waals surface area (Å²) in [6.07, 6.45) is 1.14. The number of rotatable bonds is 3. The maximum Gasteiger partial charge on any atom is 0.0346 e. The predicted octanol–water partition coefficient (Wildman–Crippen LogP) is 2.95. The molecule has 0 aliphatic carbocycles.